The van der Waals surface area contributed by atoms with Gasteiger partial charge in [0, 0.05) is 17.9 Å². The van der Waals surface area contributed by atoms with Gasteiger partial charge in [-0.25, -0.2) is 13.1 Å². The molecule has 2 rings (SSSR count). The summed E-state index contributed by atoms with van der Waals surface area (Å²) in [5, 5.41) is 0.207. The van der Waals surface area contributed by atoms with Crippen LogP contribution in [0.3, 0.4) is 0 Å². The zero-order valence-electron chi connectivity index (χ0n) is 9.61. The summed E-state index contributed by atoms with van der Waals surface area (Å²) in [5.41, 5.74) is -0.280. The Bertz CT molecular complexity index is 506. The zero-order chi connectivity index (χ0) is 12.5. The largest absolute Gasteiger partial charge is 0.263 e. The second-order valence-electron chi connectivity index (χ2n) is 4.40. The van der Waals surface area contributed by atoms with Crippen LogP contribution < -0.4 is 4.72 Å². The van der Waals surface area contributed by atoms with E-state index in [1.54, 1.807) is 0 Å². The zero-order valence-corrected chi connectivity index (χ0v) is 11.2. The van der Waals surface area contributed by atoms with Gasteiger partial charge in [-0.05, 0) is 31.7 Å². The van der Waals surface area contributed by atoms with Gasteiger partial charge in [-0.1, -0.05) is 18.5 Å². The quantitative estimate of drug-likeness (QED) is 0.917. The van der Waals surface area contributed by atoms with Crippen molar-refractivity contribution in [3.05, 3.63) is 23.5 Å². The SMILES string of the molecule is CCC1(NS(=O)(=O)c2cnccc2Cl)CCC1. The Morgan fingerprint density at radius 2 is 2.24 bits per heavy atom. The van der Waals surface area contributed by atoms with Gasteiger partial charge in [-0.15, -0.1) is 0 Å². The summed E-state index contributed by atoms with van der Waals surface area (Å²) >= 11 is 5.88. The minimum absolute atomic E-state index is 0.0568. The van der Waals surface area contributed by atoms with E-state index in [1.165, 1.54) is 18.5 Å². The molecule has 0 atom stereocenters. The minimum Gasteiger partial charge on any atom is -0.263 e. The standard InChI is InChI=1S/C11H15ClN2O2S/c1-2-11(5-3-6-11)14-17(15,16)10-8-13-7-4-9(10)12/h4,7-8,14H,2-3,5-6H2,1H3. The molecule has 17 heavy (non-hydrogen) atoms. The fourth-order valence-electron chi connectivity index (χ4n) is 2.03. The Morgan fingerprint density at radius 1 is 1.53 bits per heavy atom. The molecule has 1 saturated carbocycles. The summed E-state index contributed by atoms with van der Waals surface area (Å²) in [6, 6.07) is 1.48. The maximum Gasteiger partial charge on any atom is 0.244 e. The van der Waals surface area contributed by atoms with Crippen LogP contribution in [-0.2, 0) is 10.0 Å². The molecule has 6 heteroatoms. The number of hydrogen-bond donors (Lipinski definition) is 1. The number of nitrogens with one attached hydrogen (secondary N) is 1. The second-order valence-corrected chi connectivity index (χ2v) is 6.46. The van der Waals surface area contributed by atoms with E-state index in [-0.39, 0.29) is 15.5 Å². The molecule has 0 amide bonds. The van der Waals surface area contributed by atoms with E-state index in [9.17, 15) is 8.42 Å². The van der Waals surface area contributed by atoms with Gasteiger partial charge in [0.2, 0.25) is 10.0 Å². The van der Waals surface area contributed by atoms with Crippen LogP contribution in [0, 0.1) is 0 Å². The molecule has 0 saturated heterocycles. The highest BCUT2D eigenvalue weighted by atomic mass is 35.5. The summed E-state index contributed by atoms with van der Waals surface area (Å²) in [6.45, 7) is 1.99. The Hall–Kier alpha value is -0.650. The van der Waals surface area contributed by atoms with E-state index in [4.69, 9.17) is 11.6 Å². The lowest BCUT2D eigenvalue weighted by Crippen LogP contribution is -2.52. The third-order valence-electron chi connectivity index (χ3n) is 3.36. The van der Waals surface area contributed by atoms with Crippen LogP contribution >= 0.6 is 11.6 Å². The van der Waals surface area contributed by atoms with Crippen molar-refractivity contribution in [1.29, 1.82) is 0 Å². The molecule has 1 N–H and O–H groups in total. The van der Waals surface area contributed by atoms with Crippen molar-refractivity contribution in [2.75, 3.05) is 0 Å². The maximum absolute atomic E-state index is 12.2. The molecular formula is C11H15ClN2O2S. The summed E-state index contributed by atoms with van der Waals surface area (Å²) in [4.78, 5) is 3.86. The molecule has 1 aliphatic rings. The van der Waals surface area contributed by atoms with Crippen LogP contribution in [0.2, 0.25) is 5.02 Å². The number of halogens is 1. The average Bonchev–Trinajstić information content (AvgIpc) is 2.24. The number of nitrogens with zero attached hydrogens (tertiary/aromatic N) is 1. The van der Waals surface area contributed by atoms with Crippen LogP contribution in [0.25, 0.3) is 0 Å². The van der Waals surface area contributed by atoms with Crippen molar-refractivity contribution >= 4 is 21.6 Å². The number of hydrogen-bond acceptors (Lipinski definition) is 3. The second kappa shape index (κ2) is 4.55. The molecular weight excluding hydrogens is 260 g/mol. The van der Waals surface area contributed by atoms with E-state index in [0.717, 1.165) is 25.7 Å². The van der Waals surface area contributed by atoms with Crippen molar-refractivity contribution in [1.82, 2.24) is 9.71 Å². The van der Waals surface area contributed by atoms with Crippen LogP contribution in [-0.4, -0.2) is 18.9 Å². The predicted octanol–water partition coefficient (Wildman–Crippen LogP) is 2.35. The molecule has 0 radical (unpaired) electrons. The first-order valence-corrected chi connectivity index (χ1v) is 7.49. The van der Waals surface area contributed by atoms with Gasteiger partial charge in [0.05, 0.1) is 5.02 Å². The van der Waals surface area contributed by atoms with Crippen molar-refractivity contribution < 1.29 is 8.42 Å². The van der Waals surface area contributed by atoms with E-state index in [0.29, 0.717) is 0 Å². The van der Waals surface area contributed by atoms with Crippen LogP contribution in [0.5, 0.6) is 0 Å². The molecule has 0 aliphatic heterocycles. The fourth-order valence-corrected chi connectivity index (χ4v) is 3.99. The lowest BCUT2D eigenvalue weighted by atomic mass is 9.76. The van der Waals surface area contributed by atoms with E-state index >= 15 is 0 Å². The molecule has 1 aliphatic carbocycles. The maximum atomic E-state index is 12.2. The molecule has 1 aromatic heterocycles. The number of sulfonamides is 1. The molecule has 0 aromatic carbocycles. The molecule has 0 spiro atoms. The molecule has 4 nitrogen and oxygen atoms in total. The van der Waals surface area contributed by atoms with Gasteiger partial charge in [0.25, 0.3) is 0 Å². The normalized spacial score (nSPS) is 18.7. The summed E-state index contributed by atoms with van der Waals surface area (Å²) in [7, 11) is -3.57. The summed E-state index contributed by atoms with van der Waals surface area (Å²) < 4.78 is 27.1. The highest BCUT2D eigenvalue weighted by Crippen LogP contribution is 2.36. The first-order chi connectivity index (χ1) is 7.99. The monoisotopic (exact) mass is 274 g/mol. The number of aromatic nitrogens is 1. The van der Waals surface area contributed by atoms with Crippen LogP contribution in [0.15, 0.2) is 23.4 Å². The van der Waals surface area contributed by atoms with Gasteiger partial charge in [0.15, 0.2) is 0 Å². The number of rotatable bonds is 4. The predicted molar refractivity (Wildman–Crippen MR) is 66.4 cm³/mol. The van der Waals surface area contributed by atoms with Crippen LogP contribution in [0.1, 0.15) is 32.6 Å². The third kappa shape index (κ3) is 2.46. The molecule has 0 unspecified atom stereocenters. The van der Waals surface area contributed by atoms with Gasteiger partial charge in [0.1, 0.15) is 4.90 Å². The molecule has 0 bridgehead atoms. The smallest absolute Gasteiger partial charge is 0.244 e. The Morgan fingerprint density at radius 3 is 2.71 bits per heavy atom. The van der Waals surface area contributed by atoms with Crippen molar-refractivity contribution in [3.8, 4) is 0 Å². The number of pyridine rings is 1. The van der Waals surface area contributed by atoms with Crippen molar-refractivity contribution in [2.45, 2.75) is 43.0 Å². The van der Waals surface area contributed by atoms with E-state index in [1.807, 2.05) is 6.92 Å². The third-order valence-corrected chi connectivity index (χ3v) is 5.41. The van der Waals surface area contributed by atoms with Gasteiger partial charge in [-0.2, -0.15) is 0 Å². The summed E-state index contributed by atoms with van der Waals surface area (Å²) in [5.74, 6) is 0. The molecule has 1 heterocycles. The minimum atomic E-state index is -3.57. The van der Waals surface area contributed by atoms with Gasteiger partial charge in [-0.3, -0.25) is 4.98 Å². The lowest BCUT2D eigenvalue weighted by molar-refractivity contribution is 0.214. The average molecular weight is 275 g/mol. The van der Waals surface area contributed by atoms with Gasteiger partial charge >= 0.3 is 0 Å². The Balaban J connectivity index is 2.29. The van der Waals surface area contributed by atoms with Crippen molar-refractivity contribution in [2.24, 2.45) is 0 Å². The Kier molecular flexibility index (Phi) is 3.43. The van der Waals surface area contributed by atoms with E-state index < -0.39 is 10.0 Å². The Labute approximate surface area is 106 Å². The summed E-state index contributed by atoms with van der Waals surface area (Å²) in [6.07, 6.45) is 6.40. The van der Waals surface area contributed by atoms with Gasteiger partial charge < -0.3 is 0 Å². The van der Waals surface area contributed by atoms with Crippen LogP contribution in [0.4, 0.5) is 0 Å². The fraction of sp³-hybridized carbons (Fsp3) is 0.545. The first kappa shape index (κ1) is 12.8. The lowest BCUT2D eigenvalue weighted by Gasteiger charge is -2.41. The van der Waals surface area contributed by atoms with E-state index in [2.05, 4.69) is 9.71 Å². The highest BCUT2D eigenvalue weighted by Gasteiger charge is 2.39. The molecule has 94 valence electrons. The molecule has 1 aromatic rings. The molecule has 1 fully saturated rings. The highest BCUT2D eigenvalue weighted by molar-refractivity contribution is 7.89. The topological polar surface area (TPSA) is 59.1 Å². The first-order valence-electron chi connectivity index (χ1n) is 5.63. The van der Waals surface area contributed by atoms with Crippen molar-refractivity contribution in [3.63, 3.8) is 0 Å².